The van der Waals surface area contributed by atoms with Crippen molar-refractivity contribution in [3.8, 4) is 5.75 Å². The van der Waals surface area contributed by atoms with E-state index in [2.05, 4.69) is 15.6 Å². The third kappa shape index (κ3) is 5.99. The van der Waals surface area contributed by atoms with E-state index in [1.165, 1.54) is 23.5 Å². The van der Waals surface area contributed by atoms with Gasteiger partial charge in [0.25, 0.3) is 5.91 Å². The first-order chi connectivity index (χ1) is 17.4. The number of amides is 4. The summed E-state index contributed by atoms with van der Waals surface area (Å²) < 4.78 is 25.5. The number of urea groups is 1. The van der Waals surface area contributed by atoms with Gasteiger partial charge in [0, 0.05) is 22.5 Å². The molecule has 3 aromatic rings. The molecule has 0 aliphatic carbocycles. The van der Waals surface area contributed by atoms with Gasteiger partial charge in [0.05, 0.1) is 23.5 Å². The average molecular weight is 624 g/mol. The van der Waals surface area contributed by atoms with Crippen molar-refractivity contribution >= 4 is 57.5 Å². The molecule has 2 heterocycles. The van der Waals surface area contributed by atoms with Gasteiger partial charge in [0.15, 0.2) is 0 Å². The molecule has 1 aliphatic heterocycles. The van der Waals surface area contributed by atoms with Gasteiger partial charge in [-0.3, -0.25) is 9.59 Å². The van der Waals surface area contributed by atoms with Gasteiger partial charge in [-0.05, 0) is 58.5 Å². The summed E-state index contributed by atoms with van der Waals surface area (Å²) in [5.74, 6) is -1.32. The second-order valence-corrected chi connectivity index (χ2v) is 9.78. The summed E-state index contributed by atoms with van der Waals surface area (Å²) in [6.07, 6.45) is -0.0144. The van der Waals surface area contributed by atoms with Crippen LogP contribution in [0.3, 0.4) is 0 Å². The number of ether oxygens (including phenoxy) is 2. The Morgan fingerprint density at radius 1 is 1.25 bits per heavy atom. The zero-order valence-electron chi connectivity index (χ0n) is 19.1. The monoisotopic (exact) mass is 624 g/mol. The SMILES string of the molecule is COCCOc1ccc([C@H]2NC(=O)N([C@@H](Cc3cscn3)C(=O)Nc3ccc(I)cc3F)C2=O)cc1. The van der Waals surface area contributed by atoms with Gasteiger partial charge in [-0.25, -0.2) is 19.1 Å². The van der Waals surface area contributed by atoms with Gasteiger partial charge in [-0.2, -0.15) is 0 Å². The van der Waals surface area contributed by atoms with Gasteiger partial charge in [0.2, 0.25) is 5.91 Å². The van der Waals surface area contributed by atoms with Crippen LogP contribution in [0.25, 0.3) is 0 Å². The van der Waals surface area contributed by atoms with Crippen molar-refractivity contribution in [2.24, 2.45) is 0 Å². The molecule has 0 spiro atoms. The Morgan fingerprint density at radius 3 is 2.69 bits per heavy atom. The Hall–Kier alpha value is -3.10. The van der Waals surface area contributed by atoms with Crippen molar-refractivity contribution in [1.29, 1.82) is 0 Å². The van der Waals surface area contributed by atoms with Crippen LogP contribution in [0.1, 0.15) is 17.3 Å². The van der Waals surface area contributed by atoms with Crippen molar-refractivity contribution < 1.29 is 28.2 Å². The topological polar surface area (TPSA) is 110 Å². The van der Waals surface area contributed by atoms with E-state index in [1.807, 2.05) is 22.6 Å². The number of nitrogens with zero attached hydrogens (tertiary/aromatic N) is 2. The highest BCUT2D eigenvalue weighted by atomic mass is 127. The number of anilines is 1. The number of aromatic nitrogens is 1. The molecule has 0 bridgehead atoms. The van der Waals surface area contributed by atoms with Crippen LogP contribution in [-0.4, -0.2) is 54.1 Å². The molecular weight excluding hydrogens is 602 g/mol. The van der Waals surface area contributed by atoms with Crippen LogP contribution in [0.5, 0.6) is 5.75 Å². The molecule has 4 amide bonds. The van der Waals surface area contributed by atoms with E-state index in [9.17, 15) is 18.8 Å². The molecule has 0 saturated carbocycles. The number of hydrogen-bond acceptors (Lipinski definition) is 7. The fourth-order valence-electron chi connectivity index (χ4n) is 3.66. The van der Waals surface area contributed by atoms with Crippen molar-refractivity contribution in [3.63, 3.8) is 0 Å². The number of hydrogen-bond donors (Lipinski definition) is 2. The van der Waals surface area contributed by atoms with Gasteiger partial charge < -0.3 is 20.1 Å². The number of halogens is 2. The Kier molecular flexibility index (Phi) is 8.48. The fraction of sp³-hybridized carbons (Fsp3) is 0.250. The number of imide groups is 1. The molecule has 0 unspecified atom stereocenters. The van der Waals surface area contributed by atoms with E-state index in [0.29, 0.717) is 33.8 Å². The summed E-state index contributed by atoms with van der Waals surface area (Å²) in [4.78, 5) is 44.6. The first kappa shape index (κ1) is 26.0. The van der Waals surface area contributed by atoms with E-state index in [0.717, 1.165) is 4.90 Å². The average Bonchev–Trinajstić information content (AvgIpc) is 3.47. The smallest absolute Gasteiger partial charge is 0.325 e. The molecule has 1 aliphatic rings. The van der Waals surface area contributed by atoms with Crippen LogP contribution in [0.4, 0.5) is 14.9 Å². The normalized spacial score (nSPS) is 16.1. The van der Waals surface area contributed by atoms with Crippen LogP contribution < -0.4 is 15.4 Å². The second-order valence-electron chi connectivity index (χ2n) is 7.81. The molecule has 0 radical (unpaired) electrons. The van der Waals surface area contributed by atoms with Crippen LogP contribution in [-0.2, 0) is 20.7 Å². The van der Waals surface area contributed by atoms with E-state index < -0.39 is 35.7 Å². The Bertz CT molecular complexity index is 1240. The van der Waals surface area contributed by atoms with E-state index in [-0.39, 0.29) is 12.1 Å². The molecule has 2 aromatic carbocycles. The van der Waals surface area contributed by atoms with Crippen molar-refractivity contribution in [3.05, 3.63) is 74.0 Å². The Morgan fingerprint density at radius 2 is 2.03 bits per heavy atom. The summed E-state index contributed by atoms with van der Waals surface area (Å²) in [6.45, 7) is 0.805. The van der Waals surface area contributed by atoms with Crippen molar-refractivity contribution in [1.82, 2.24) is 15.2 Å². The molecule has 1 aromatic heterocycles. The summed E-state index contributed by atoms with van der Waals surface area (Å²) >= 11 is 3.28. The lowest BCUT2D eigenvalue weighted by Crippen LogP contribution is -2.49. The minimum absolute atomic E-state index is 0.0144. The molecule has 1 fully saturated rings. The highest BCUT2D eigenvalue weighted by Gasteiger charge is 2.45. The predicted octanol–water partition coefficient (Wildman–Crippen LogP) is 3.75. The van der Waals surface area contributed by atoms with E-state index in [1.54, 1.807) is 48.3 Å². The number of benzene rings is 2. The molecule has 2 atom stereocenters. The quantitative estimate of drug-likeness (QED) is 0.202. The summed E-state index contributed by atoms with van der Waals surface area (Å²) in [5, 5.41) is 6.88. The predicted molar refractivity (Wildman–Crippen MR) is 139 cm³/mol. The first-order valence-electron chi connectivity index (χ1n) is 10.9. The maximum Gasteiger partial charge on any atom is 0.325 e. The molecule has 2 N–H and O–H groups in total. The minimum Gasteiger partial charge on any atom is -0.491 e. The molecule has 4 rings (SSSR count). The lowest BCUT2D eigenvalue weighted by atomic mass is 10.0. The lowest BCUT2D eigenvalue weighted by Gasteiger charge is -2.24. The number of carbonyl (C=O) groups is 3. The highest BCUT2D eigenvalue weighted by molar-refractivity contribution is 14.1. The third-order valence-corrected chi connectivity index (χ3v) is 6.74. The molecular formula is C24H22FIN4O5S. The first-order valence-corrected chi connectivity index (χ1v) is 12.9. The lowest BCUT2D eigenvalue weighted by molar-refractivity contribution is -0.134. The van der Waals surface area contributed by atoms with E-state index in [4.69, 9.17) is 9.47 Å². The van der Waals surface area contributed by atoms with Crippen LogP contribution in [0, 0.1) is 9.39 Å². The third-order valence-electron chi connectivity index (χ3n) is 5.43. The van der Waals surface area contributed by atoms with Crippen molar-refractivity contribution in [2.45, 2.75) is 18.5 Å². The molecule has 188 valence electrons. The van der Waals surface area contributed by atoms with Gasteiger partial charge >= 0.3 is 6.03 Å². The van der Waals surface area contributed by atoms with Gasteiger partial charge in [-0.1, -0.05) is 12.1 Å². The second kappa shape index (κ2) is 11.8. The summed E-state index contributed by atoms with van der Waals surface area (Å²) in [5.41, 5.74) is 2.61. The number of methoxy groups -OCH3 is 1. The molecule has 9 nitrogen and oxygen atoms in total. The van der Waals surface area contributed by atoms with E-state index >= 15 is 0 Å². The molecule has 36 heavy (non-hydrogen) atoms. The minimum atomic E-state index is -1.24. The van der Waals surface area contributed by atoms with Gasteiger partial charge in [-0.15, -0.1) is 11.3 Å². The summed E-state index contributed by atoms with van der Waals surface area (Å²) in [7, 11) is 1.57. The highest BCUT2D eigenvalue weighted by Crippen LogP contribution is 2.27. The van der Waals surface area contributed by atoms with Gasteiger partial charge in [0.1, 0.15) is 30.3 Å². The Balaban J connectivity index is 1.55. The van der Waals surface area contributed by atoms with Crippen LogP contribution >= 0.6 is 33.9 Å². The molecule has 12 heteroatoms. The maximum absolute atomic E-state index is 14.4. The number of carbonyl (C=O) groups excluding carboxylic acids is 3. The summed E-state index contributed by atoms with van der Waals surface area (Å²) in [6, 6.07) is 8.13. The Labute approximate surface area is 224 Å². The largest absolute Gasteiger partial charge is 0.491 e. The number of nitrogens with one attached hydrogen (secondary N) is 2. The number of thiazole rings is 1. The van der Waals surface area contributed by atoms with Crippen LogP contribution in [0.15, 0.2) is 53.4 Å². The fourth-order valence-corrected chi connectivity index (χ4v) is 4.68. The zero-order valence-corrected chi connectivity index (χ0v) is 22.0. The van der Waals surface area contributed by atoms with Crippen molar-refractivity contribution in [2.75, 3.05) is 25.6 Å². The zero-order chi connectivity index (χ0) is 25.7. The molecule has 1 saturated heterocycles. The maximum atomic E-state index is 14.4. The standard InChI is InChI=1S/C24H22FIN4O5S/c1-34-8-9-35-17-5-2-14(3-6-17)21-23(32)30(24(33)29-21)20(11-16-12-36-13-27-16)22(31)28-19-7-4-15(26)10-18(19)25/h2-7,10,12-13,20-21H,8-9,11H2,1H3,(H,28,31)(H,29,33)/t20-,21+/m0/s1. The van der Waals surface area contributed by atoms with Crippen LogP contribution in [0.2, 0.25) is 0 Å². The number of rotatable bonds is 10.